The van der Waals surface area contributed by atoms with Crippen molar-refractivity contribution < 1.29 is 9.53 Å². The van der Waals surface area contributed by atoms with Crippen LogP contribution in [-0.4, -0.2) is 31.4 Å². The summed E-state index contributed by atoms with van der Waals surface area (Å²) in [4.78, 5) is 16.1. The molecule has 92 valence electrons. The Kier molecular flexibility index (Phi) is 3.75. The van der Waals surface area contributed by atoms with Crippen LogP contribution in [0.1, 0.15) is 13.8 Å². The molecule has 2 heterocycles. The summed E-state index contributed by atoms with van der Waals surface area (Å²) in [5.74, 6) is -0.281. The molecule has 0 radical (unpaired) electrons. The number of carbonyl (C=O) groups excluding carboxylic acids is 1. The van der Waals surface area contributed by atoms with E-state index in [1.807, 2.05) is 23.4 Å². The van der Waals surface area contributed by atoms with E-state index in [0.29, 0.717) is 6.61 Å². The van der Waals surface area contributed by atoms with E-state index in [4.69, 9.17) is 4.74 Å². The van der Waals surface area contributed by atoms with Gasteiger partial charge < -0.3 is 4.74 Å². The Balaban J connectivity index is 2.25. The summed E-state index contributed by atoms with van der Waals surface area (Å²) in [6.45, 7) is 4.90. The number of esters is 1. The number of rotatable bonds is 4. The molecule has 1 aromatic heterocycles. The summed E-state index contributed by atoms with van der Waals surface area (Å²) in [5, 5.41) is 4.73. The molecule has 5 nitrogen and oxygen atoms in total. The lowest BCUT2D eigenvalue weighted by molar-refractivity contribution is -0.143. The molecular formula is C11H15N3O2S. The van der Waals surface area contributed by atoms with Crippen LogP contribution in [0.25, 0.3) is 0 Å². The van der Waals surface area contributed by atoms with E-state index in [1.54, 1.807) is 24.5 Å². The lowest BCUT2D eigenvalue weighted by atomic mass is 10.2. The number of fused-ring (bicyclic) bond motifs is 1. The number of thiophene rings is 1. The first-order valence-corrected chi connectivity index (χ1v) is 6.47. The number of carbonyl (C=O) groups is 1. The molecule has 1 aliphatic rings. The van der Waals surface area contributed by atoms with Crippen molar-refractivity contribution in [1.29, 1.82) is 0 Å². The standard InChI is InChI=1S/C11H15N3O2S/c1-3-13-14-9(11(15)16-4-2)7-12-8-5-6-17-10(8)14/h5-7,9,13H,3-4H2,1-2H3/t9-/m0/s1. The van der Waals surface area contributed by atoms with Crippen molar-refractivity contribution in [2.75, 3.05) is 18.2 Å². The molecule has 0 saturated carbocycles. The highest BCUT2D eigenvalue weighted by molar-refractivity contribution is 7.15. The average Bonchev–Trinajstić information content (AvgIpc) is 2.78. The van der Waals surface area contributed by atoms with Crippen LogP contribution in [0.2, 0.25) is 0 Å². The second-order valence-corrected chi connectivity index (χ2v) is 4.36. The first-order chi connectivity index (χ1) is 8.27. The van der Waals surface area contributed by atoms with Gasteiger partial charge in [-0.25, -0.2) is 10.2 Å². The van der Waals surface area contributed by atoms with Crippen molar-refractivity contribution in [3.8, 4) is 0 Å². The minimum absolute atomic E-state index is 0.281. The Morgan fingerprint density at radius 1 is 1.65 bits per heavy atom. The third-order valence-electron chi connectivity index (χ3n) is 2.33. The van der Waals surface area contributed by atoms with Crippen molar-refractivity contribution in [3.63, 3.8) is 0 Å². The highest BCUT2D eigenvalue weighted by Gasteiger charge is 2.31. The summed E-state index contributed by atoms with van der Waals surface area (Å²) in [7, 11) is 0. The fourth-order valence-corrected chi connectivity index (χ4v) is 2.51. The maximum atomic E-state index is 11.8. The van der Waals surface area contributed by atoms with E-state index in [2.05, 4.69) is 10.4 Å². The van der Waals surface area contributed by atoms with Gasteiger partial charge in [0.1, 0.15) is 5.00 Å². The molecule has 0 aromatic carbocycles. The van der Waals surface area contributed by atoms with Crippen LogP contribution in [0, 0.1) is 0 Å². The molecular weight excluding hydrogens is 238 g/mol. The molecule has 0 saturated heterocycles. The Bertz CT molecular complexity index is 430. The molecule has 0 amide bonds. The van der Waals surface area contributed by atoms with Crippen LogP contribution in [0.15, 0.2) is 16.4 Å². The molecule has 1 atom stereocenters. The van der Waals surface area contributed by atoms with Gasteiger partial charge in [-0.05, 0) is 18.4 Å². The fourth-order valence-electron chi connectivity index (χ4n) is 1.65. The molecule has 0 aliphatic carbocycles. The van der Waals surface area contributed by atoms with Crippen LogP contribution >= 0.6 is 11.3 Å². The smallest absolute Gasteiger partial charge is 0.336 e. The monoisotopic (exact) mass is 253 g/mol. The number of aliphatic imine (C=N–C) groups is 1. The maximum absolute atomic E-state index is 11.8. The number of hydrogen-bond donors (Lipinski definition) is 1. The van der Waals surface area contributed by atoms with Crippen molar-refractivity contribution in [2.24, 2.45) is 4.99 Å². The first kappa shape index (κ1) is 12.1. The summed E-state index contributed by atoms with van der Waals surface area (Å²) >= 11 is 1.55. The molecule has 1 aromatic rings. The summed E-state index contributed by atoms with van der Waals surface area (Å²) < 4.78 is 5.04. The zero-order valence-electron chi connectivity index (χ0n) is 9.84. The fraction of sp³-hybridized carbons (Fsp3) is 0.455. The van der Waals surface area contributed by atoms with Gasteiger partial charge in [-0.3, -0.25) is 10.0 Å². The first-order valence-electron chi connectivity index (χ1n) is 5.59. The lowest BCUT2D eigenvalue weighted by Crippen LogP contribution is -2.52. The van der Waals surface area contributed by atoms with E-state index < -0.39 is 6.04 Å². The number of anilines is 1. The van der Waals surface area contributed by atoms with Crippen LogP contribution < -0.4 is 10.4 Å². The van der Waals surface area contributed by atoms with Crippen LogP contribution in [-0.2, 0) is 9.53 Å². The number of nitrogens with one attached hydrogen (secondary N) is 1. The lowest BCUT2D eigenvalue weighted by Gasteiger charge is -2.31. The van der Waals surface area contributed by atoms with Gasteiger partial charge in [-0.15, -0.1) is 11.3 Å². The quantitative estimate of drug-likeness (QED) is 0.830. The van der Waals surface area contributed by atoms with Crippen molar-refractivity contribution in [3.05, 3.63) is 11.4 Å². The maximum Gasteiger partial charge on any atom is 0.336 e. The van der Waals surface area contributed by atoms with Gasteiger partial charge >= 0.3 is 5.97 Å². The zero-order valence-corrected chi connectivity index (χ0v) is 10.7. The van der Waals surface area contributed by atoms with Gasteiger partial charge in [0.2, 0.25) is 0 Å². The minimum Gasteiger partial charge on any atom is -0.464 e. The third kappa shape index (κ3) is 2.32. The summed E-state index contributed by atoms with van der Waals surface area (Å²) in [6.07, 6.45) is 1.62. The summed E-state index contributed by atoms with van der Waals surface area (Å²) in [6, 6.07) is 1.45. The van der Waals surface area contributed by atoms with E-state index in [-0.39, 0.29) is 5.97 Å². The number of ether oxygens (including phenoxy) is 1. The van der Waals surface area contributed by atoms with E-state index >= 15 is 0 Å². The molecule has 1 aliphatic heterocycles. The van der Waals surface area contributed by atoms with Gasteiger partial charge in [0.15, 0.2) is 6.04 Å². The highest BCUT2D eigenvalue weighted by Crippen LogP contribution is 2.37. The van der Waals surface area contributed by atoms with Crippen LogP contribution in [0.3, 0.4) is 0 Å². The Morgan fingerprint density at radius 2 is 2.47 bits per heavy atom. The van der Waals surface area contributed by atoms with Crippen LogP contribution in [0.4, 0.5) is 10.7 Å². The van der Waals surface area contributed by atoms with E-state index in [1.165, 1.54) is 0 Å². The van der Waals surface area contributed by atoms with E-state index in [0.717, 1.165) is 17.2 Å². The van der Waals surface area contributed by atoms with Crippen molar-refractivity contribution >= 4 is 34.2 Å². The van der Waals surface area contributed by atoms with Gasteiger partial charge in [-0.1, -0.05) is 6.92 Å². The third-order valence-corrected chi connectivity index (χ3v) is 3.23. The molecule has 0 fully saturated rings. The Morgan fingerprint density at radius 3 is 3.18 bits per heavy atom. The predicted octanol–water partition coefficient (Wildman–Crippen LogP) is 1.73. The molecule has 0 unspecified atom stereocenters. The zero-order chi connectivity index (χ0) is 12.3. The normalized spacial score (nSPS) is 18.0. The van der Waals surface area contributed by atoms with Gasteiger partial charge in [0.25, 0.3) is 0 Å². The number of hydrogen-bond acceptors (Lipinski definition) is 6. The molecule has 2 rings (SSSR count). The molecule has 6 heteroatoms. The number of nitrogens with zero attached hydrogens (tertiary/aromatic N) is 2. The second kappa shape index (κ2) is 5.29. The minimum atomic E-state index is -0.485. The second-order valence-electron chi connectivity index (χ2n) is 3.47. The largest absolute Gasteiger partial charge is 0.464 e. The Hall–Kier alpha value is -1.40. The SMILES string of the molecule is CCNN1c2sccc2N=C[C@H]1C(=O)OCC. The molecule has 1 N–H and O–H groups in total. The molecule has 0 spiro atoms. The van der Waals surface area contributed by atoms with Gasteiger partial charge in [0.05, 0.1) is 12.3 Å². The van der Waals surface area contributed by atoms with Crippen molar-refractivity contribution in [2.45, 2.75) is 19.9 Å². The highest BCUT2D eigenvalue weighted by atomic mass is 32.1. The van der Waals surface area contributed by atoms with Gasteiger partial charge in [-0.2, -0.15) is 0 Å². The van der Waals surface area contributed by atoms with E-state index in [9.17, 15) is 4.79 Å². The Labute approximate surface area is 104 Å². The van der Waals surface area contributed by atoms with Gasteiger partial charge in [0, 0.05) is 12.8 Å². The molecule has 17 heavy (non-hydrogen) atoms. The van der Waals surface area contributed by atoms with Crippen molar-refractivity contribution in [1.82, 2.24) is 5.43 Å². The number of hydrazine groups is 1. The molecule has 0 bridgehead atoms. The average molecular weight is 253 g/mol. The summed E-state index contributed by atoms with van der Waals surface area (Å²) in [5.41, 5.74) is 4.05. The topological polar surface area (TPSA) is 53.9 Å². The van der Waals surface area contributed by atoms with Crippen LogP contribution in [0.5, 0.6) is 0 Å². The predicted molar refractivity (Wildman–Crippen MR) is 69.0 cm³/mol.